The summed E-state index contributed by atoms with van der Waals surface area (Å²) in [4.78, 5) is 26.4. The largest absolute Gasteiger partial charge is 0.316 e. The van der Waals surface area contributed by atoms with Crippen LogP contribution in [-0.4, -0.2) is 27.0 Å². The summed E-state index contributed by atoms with van der Waals surface area (Å²) in [6.45, 7) is 0. The lowest BCUT2D eigenvalue weighted by molar-refractivity contribution is -0.172. The third-order valence-electron chi connectivity index (χ3n) is 7.16. The van der Waals surface area contributed by atoms with Crippen LogP contribution in [0.1, 0.15) is 59.6 Å². The highest BCUT2D eigenvalue weighted by Crippen LogP contribution is 2.35. The van der Waals surface area contributed by atoms with Gasteiger partial charge in [-0.05, 0) is 76.9 Å². The lowest BCUT2D eigenvalue weighted by Crippen LogP contribution is -2.33. The fourth-order valence-electron chi connectivity index (χ4n) is 4.80. The van der Waals surface area contributed by atoms with Gasteiger partial charge in [0.15, 0.2) is 5.78 Å². The number of carbonyl (C=O) groups is 2. The molecule has 4 rings (SSSR count). The number of hydroxylamine groups is 3. The number of hydrogen-bond donors (Lipinski definition) is 3. The smallest absolute Gasteiger partial charge is 0.157 e. The van der Waals surface area contributed by atoms with E-state index in [9.17, 15) is 37.6 Å². The van der Waals surface area contributed by atoms with Crippen molar-refractivity contribution in [2.24, 2.45) is 0 Å². The zero-order chi connectivity index (χ0) is 31.6. The lowest BCUT2D eigenvalue weighted by Gasteiger charge is -2.33. The van der Waals surface area contributed by atoms with Gasteiger partial charge in [0.05, 0.1) is 18.1 Å². The van der Waals surface area contributed by atoms with Crippen LogP contribution in [0.15, 0.2) is 103 Å². The van der Waals surface area contributed by atoms with Crippen LogP contribution >= 0.6 is 0 Å². The zero-order valence-corrected chi connectivity index (χ0v) is 23.4. The second-order valence-corrected chi connectivity index (χ2v) is 10.3. The van der Waals surface area contributed by atoms with Crippen molar-refractivity contribution in [3.8, 4) is 0 Å². The van der Waals surface area contributed by atoms with Gasteiger partial charge >= 0.3 is 0 Å². The number of allylic oxidation sites excluding steroid dienone is 1. The molecule has 228 valence electrons. The maximum Gasteiger partial charge on any atom is 0.157 e. The fourth-order valence-corrected chi connectivity index (χ4v) is 4.80. The van der Waals surface area contributed by atoms with Crippen LogP contribution in [0.25, 0.3) is 6.08 Å². The maximum atomic E-state index is 13.8. The summed E-state index contributed by atoms with van der Waals surface area (Å²) in [6.07, 6.45) is 1.91. The first-order valence-electron chi connectivity index (χ1n) is 13.7. The van der Waals surface area contributed by atoms with Crippen LogP contribution in [0, 0.1) is 23.3 Å². The highest BCUT2D eigenvalue weighted by molar-refractivity contribution is 5.94. The number of Topliss-reactive ketones (excluding diaryl/α,β-unsaturated/α-hetero) is 1. The molecular formula is C34H30F4N2O4. The van der Waals surface area contributed by atoms with Crippen molar-refractivity contribution in [1.29, 1.82) is 0 Å². The Balaban J connectivity index is 1.62. The van der Waals surface area contributed by atoms with Gasteiger partial charge in [-0.2, -0.15) is 10.5 Å². The summed E-state index contributed by atoms with van der Waals surface area (Å²) in [5, 5.41) is 22.2. The second kappa shape index (κ2) is 15.3. The molecule has 3 N–H and O–H groups in total. The van der Waals surface area contributed by atoms with E-state index in [0.29, 0.717) is 22.3 Å². The average Bonchev–Trinajstić information content (AvgIpc) is 3.02. The molecule has 0 fully saturated rings. The zero-order valence-electron chi connectivity index (χ0n) is 23.4. The minimum absolute atomic E-state index is 0.242. The minimum Gasteiger partial charge on any atom is -0.316 e. The van der Waals surface area contributed by atoms with Crippen molar-refractivity contribution in [3.63, 3.8) is 0 Å². The van der Waals surface area contributed by atoms with Gasteiger partial charge in [0, 0.05) is 19.3 Å². The van der Waals surface area contributed by atoms with Crippen LogP contribution < -0.4 is 5.48 Å². The number of nitrogens with zero attached hydrogens (tertiary/aromatic N) is 1. The van der Waals surface area contributed by atoms with Crippen molar-refractivity contribution in [1.82, 2.24) is 10.5 Å². The van der Waals surface area contributed by atoms with Crippen molar-refractivity contribution in [2.75, 3.05) is 0 Å². The number of ketones is 2. The fraction of sp³-hybridized carbons (Fsp3) is 0.176. The molecule has 3 unspecified atom stereocenters. The number of rotatable bonds is 14. The predicted molar refractivity (Wildman–Crippen MR) is 155 cm³/mol. The average molecular weight is 607 g/mol. The van der Waals surface area contributed by atoms with E-state index in [0.717, 1.165) is 5.06 Å². The third-order valence-corrected chi connectivity index (χ3v) is 7.16. The van der Waals surface area contributed by atoms with Gasteiger partial charge in [0.25, 0.3) is 0 Å². The topological polar surface area (TPSA) is 89.9 Å². The molecule has 0 radical (unpaired) electrons. The van der Waals surface area contributed by atoms with Gasteiger partial charge < -0.3 is 10.4 Å². The molecule has 10 heteroatoms. The minimum atomic E-state index is -1.08. The normalized spacial score (nSPS) is 13.6. The quantitative estimate of drug-likeness (QED) is 0.0785. The first-order chi connectivity index (χ1) is 21.1. The van der Waals surface area contributed by atoms with E-state index in [1.807, 2.05) is 0 Å². The standard InChI is InChI=1S/C34H30F4N2O4/c35-26-10-1-22(2-11-26)3-18-30(41)20-33(24-6-14-28(37)15-7-24)40(44)34(25-8-16-29(38)17-9-25)21-31(42)19-32(39-43)23-4-12-27(36)13-5-23/h1-18,32-34,39,43-44H,19-21H2/b18-3+. The Kier molecular flexibility index (Phi) is 11.3. The van der Waals surface area contributed by atoms with Crippen LogP contribution in [0.5, 0.6) is 0 Å². The molecule has 0 bridgehead atoms. The van der Waals surface area contributed by atoms with Gasteiger partial charge in [-0.3, -0.25) is 9.59 Å². The van der Waals surface area contributed by atoms with Gasteiger partial charge in [-0.25, -0.2) is 17.6 Å². The highest BCUT2D eigenvalue weighted by atomic mass is 19.1. The molecule has 0 saturated heterocycles. The summed E-state index contributed by atoms with van der Waals surface area (Å²) in [5.74, 6) is -2.84. The molecule has 0 aliphatic rings. The van der Waals surface area contributed by atoms with E-state index >= 15 is 0 Å². The molecule has 3 atom stereocenters. The summed E-state index contributed by atoms with van der Waals surface area (Å²) in [7, 11) is 0. The van der Waals surface area contributed by atoms with E-state index in [4.69, 9.17) is 0 Å². The molecule has 4 aromatic carbocycles. The third kappa shape index (κ3) is 9.01. The first-order valence-corrected chi connectivity index (χ1v) is 13.7. The van der Waals surface area contributed by atoms with Gasteiger partial charge in [-0.1, -0.05) is 54.6 Å². The summed E-state index contributed by atoms with van der Waals surface area (Å²) < 4.78 is 54.3. The predicted octanol–water partition coefficient (Wildman–Crippen LogP) is 7.46. The summed E-state index contributed by atoms with van der Waals surface area (Å²) in [5.41, 5.74) is 3.80. The van der Waals surface area contributed by atoms with Crippen molar-refractivity contribution in [2.45, 2.75) is 37.4 Å². The molecule has 0 spiro atoms. The molecule has 4 aromatic rings. The van der Waals surface area contributed by atoms with Gasteiger partial charge in [-0.15, -0.1) is 0 Å². The van der Waals surface area contributed by atoms with Crippen LogP contribution in [0.4, 0.5) is 17.6 Å². The van der Waals surface area contributed by atoms with Crippen LogP contribution in [0.2, 0.25) is 0 Å². The Hall–Kier alpha value is -4.48. The number of halogens is 4. The molecule has 6 nitrogen and oxygen atoms in total. The molecule has 0 heterocycles. The summed E-state index contributed by atoms with van der Waals surface area (Å²) >= 11 is 0. The Morgan fingerprint density at radius 3 is 1.50 bits per heavy atom. The number of nitrogens with one attached hydrogen (secondary N) is 1. The van der Waals surface area contributed by atoms with Crippen LogP contribution in [-0.2, 0) is 9.59 Å². The lowest BCUT2D eigenvalue weighted by atomic mass is 9.92. The molecular weight excluding hydrogens is 576 g/mol. The SMILES string of the molecule is O=C(/C=C/c1ccc(F)cc1)CC(c1ccc(F)cc1)N(O)C(CC(=O)CC(NO)c1ccc(F)cc1)c1ccc(F)cc1. The Morgan fingerprint density at radius 2 is 1.05 bits per heavy atom. The monoisotopic (exact) mass is 606 g/mol. The molecule has 0 saturated carbocycles. The molecule has 0 aliphatic carbocycles. The van der Waals surface area contributed by atoms with Crippen molar-refractivity contribution in [3.05, 3.63) is 149 Å². The Labute approximate surface area is 251 Å². The second-order valence-electron chi connectivity index (χ2n) is 10.3. The molecule has 0 aromatic heterocycles. The Bertz CT molecular complexity index is 1560. The first kappa shape index (κ1) is 32.4. The van der Waals surface area contributed by atoms with E-state index in [1.165, 1.54) is 109 Å². The number of hydrogen-bond acceptors (Lipinski definition) is 6. The molecule has 44 heavy (non-hydrogen) atoms. The summed E-state index contributed by atoms with van der Waals surface area (Å²) in [6, 6.07) is 18.0. The van der Waals surface area contributed by atoms with E-state index in [1.54, 1.807) is 0 Å². The van der Waals surface area contributed by atoms with E-state index in [-0.39, 0.29) is 19.3 Å². The number of benzene rings is 4. The number of carbonyl (C=O) groups excluding carboxylic acids is 2. The van der Waals surface area contributed by atoms with E-state index < -0.39 is 53.0 Å². The van der Waals surface area contributed by atoms with Gasteiger partial charge in [0.1, 0.15) is 29.1 Å². The van der Waals surface area contributed by atoms with Crippen molar-refractivity contribution < 1.29 is 37.6 Å². The molecule has 0 amide bonds. The van der Waals surface area contributed by atoms with Crippen LogP contribution in [0.3, 0.4) is 0 Å². The van der Waals surface area contributed by atoms with Crippen molar-refractivity contribution >= 4 is 17.6 Å². The maximum absolute atomic E-state index is 13.8. The highest BCUT2D eigenvalue weighted by Gasteiger charge is 2.31. The Morgan fingerprint density at radius 1 is 0.636 bits per heavy atom. The van der Waals surface area contributed by atoms with Gasteiger partial charge in [0.2, 0.25) is 0 Å². The molecule has 0 aliphatic heterocycles. The van der Waals surface area contributed by atoms with E-state index in [2.05, 4.69) is 5.48 Å².